The molecule has 0 unspecified atom stereocenters. The summed E-state index contributed by atoms with van der Waals surface area (Å²) in [6.45, 7) is 0. The molecular formula is H18K2O9S. The maximum Gasteiger partial charge on any atom is 1.00 e. The first-order valence-electron chi connectivity index (χ1n) is 0. The molecule has 0 aromatic rings. The largest absolute Gasteiger partial charge is 2.00 e. The van der Waals surface area contributed by atoms with E-state index in [0.717, 1.165) is 0 Å². The van der Waals surface area contributed by atoms with Crippen molar-refractivity contribution in [2.24, 2.45) is 0 Å². The molecule has 80 valence electrons. The molecule has 0 aliphatic rings. The van der Waals surface area contributed by atoms with Crippen molar-refractivity contribution < 1.29 is 152 Å². The van der Waals surface area contributed by atoms with Crippen molar-refractivity contribution in [1.82, 2.24) is 0 Å². The van der Waals surface area contributed by atoms with Crippen LogP contribution in [0.4, 0.5) is 0 Å². The van der Waals surface area contributed by atoms with Crippen LogP contribution in [0, 0.1) is 0 Å². The van der Waals surface area contributed by atoms with Crippen molar-refractivity contribution in [1.29, 1.82) is 0 Å². The van der Waals surface area contributed by atoms with Gasteiger partial charge in [-0.25, -0.2) is 0 Å². The van der Waals surface area contributed by atoms with Crippen LogP contribution >= 0.6 is 0 Å². The Morgan fingerprint density at radius 2 is 0.250 bits per heavy atom. The van der Waals surface area contributed by atoms with Gasteiger partial charge in [-0.1, -0.05) is 0 Å². The Bertz CT molecular complexity index is 12.5. The van der Waals surface area contributed by atoms with Crippen LogP contribution in [0.5, 0.6) is 0 Å². The summed E-state index contributed by atoms with van der Waals surface area (Å²) in [5.41, 5.74) is 0. The summed E-state index contributed by atoms with van der Waals surface area (Å²) in [4.78, 5) is 0. The molecular weight excluding hydrogens is 254 g/mol. The summed E-state index contributed by atoms with van der Waals surface area (Å²) in [6.07, 6.45) is 0. The molecule has 12 heteroatoms. The van der Waals surface area contributed by atoms with Crippen LogP contribution in [-0.2, 0) is 13.5 Å². The molecule has 0 aliphatic carbocycles. The summed E-state index contributed by atoms with van der Waals surface area (Å²) >= 11 is 0. The average Bonchev–Trinajstić information content (AvgIpc) is 0. The Morgan fingerprint density at radius 1 is 0.250 bits per heavy atom. The molecule has 12 heavy (non-hydrogen) atoms. The zero-order chi connectivity index (χ0) is 0. The van der Waals surface area contributed by atoms with E-state index >= 15 is 0 Å². The van der Waals surface area contributed by atoms with Gasteiger partial charge in [0.1, 0.15) is 0 Å². The van der Waals surface area contributed by atoms with E-state index in [-0.39, 0.29) is 166 Å². The molecule has 18 N–H and O–H groups in total. The van der Waals surface area contributed by atoms with Gasteiger partial charge in [0.15, 0.2) is 0 Å². The van der Waals surface area contributed by atoms with E-state index in [1.54, 1.807) is 0 Å². The van der Waals surface area contributed by atoms with Crippen LogP contribution in [-0.4, -0.2) is 49.3 Å². The third kappa shape index (κ3) is 187. The molecule has 0 bridgehead atoms. The average molecular weight is 272 g/mol. The van der Waals surface area contributed by atoms with E-state index in [4.69, 9.17) is 0 Å². The zero-order valence-corrected chi connectivity index (χ0v) is 14.0. The quantitative estimate of drug-likeness (QED) is 0.371. The van der Waals surface area contributed by atoms with Gasteiger partial charge in [-0.15, -0.1) is 0 Å². The fraction of sp³-hybridized carbons (Fsp3) is 0. The van der Waals surface area contributed by atoms with Crippen molar-refractivity contribution in [3.8, 4) is 0 Å². The summed E-state index contributed by atoms with van der Waals surface area (Å²) in [5, 5.41) is 0. The van der Waals surface area contributed by atoms with Crippen molar-refractivity contribution in [2.45, 2.75) is 0 Å². The molecule has 0 spiro atoms. The van der Waals surface area contributed by atoms with Crippen molar-refractivity contribution in [3.63, 3.8) is 0 Å². The zero-order valence-electron chi connectivity index (χ0n) is 6.91. The van der Waals surface area contributed by atoms with Gasteiger partial charge in [-0.05, 0) is 0 Å². The number of rotatable bonds is 0. The Hall–Kier alpha value is 3.26. The van der Waals surface area contributed by atoms with Gasteiger partial charge in [-0.2, -0.15) is 0 Å². The van der Waals surface area contributed by atoms with Gasteiger partial charge in [0, 0.05) is 0 Å². The van der Waals surface area contributed by atoms with Gasteiger partial charge in [0.05, 0.1) is 0 Å². The second kappa shape index (κ2) is 236. The SMILES string of the molecule is O.O.O.O.O.O.O.O.O.[K+].[K+].[S-2]. The first-order chi connectivity index (χ1) is 0. The maximum atomic E-state index is 0. The third-order valence-corrected chi connectivity index (χ3v) is 0. The van der Waals surface area contributed by atoms with E-state index in [2.05, 4.69) is 0 Å². The third-order valence-electron chi connectivity index (χ3n) is 0. The van der Waals surface area contributed by atoms with Gasteiger partial charge in [0.25, 0.3) is 0 Å². The van der Waals surface area contributed by atoms with Crippen LogP contribution in [0.15, 0.2) is 0 Å². The van der Waals surface area contributed by atoms with Crippen molar-refractivity contribution in [3.05, 3.63) is 0 Å². The Kier molecular flexibility index (Phi) is 5730. The Labute approximate surface area is 162 Å². The monoisotopic (exact) mass is 272 g/mol. The predicted molar refractivity (Wildman–Crippen MR) is 39.9 cm³/mol. The fourth-order valence-corrected chi connectivity index (χ4v) is 0. The van der Waals surface area contributed by atoms with Gasteiger partial charge in [-0.3, -0.25) is 0 Å². The molecule has 0 saturated heterocycles. The molecule has 9 nitrogen and oxygen atoms in total. The van der Waals surface area contributed by atoms with Gasteiger partial charge in [0.2, 0.25) is 0 Å². The normalized spacial score (nSPS) is 0. The second-order valence-corrected chi connectivity index (χ2v) is 0. The number of hydrogen-bond donors (Lipinski definition) is 0. The van der Waals surface area contributed by atoms with E-state index in [0.29, 0.717) is 0 Å². The molecule has 0 amide bonds. The van der Waals surface area contributed by atoms with Crippen molar-refractivity contribution >= 4 is 13.5 Å². The second-order valence-electron chi connectivity index (χ2n) is 0. The molecule has 0 rings (SSSR count). The minimum absolute atomic E-state index is 0. The van der Waals surface area contributed by atoms with E-state index in [9.17, 15) is 0 Å². The maximum absolute atomic E-state index is 0. The molecule has 0 atom stereocenters. The van der Waals surface area contributed by atoms with E-state index in [1.165, 1.54) is 0 Å². The number of hydrogen-bond acceptors (Lipinski definition) is 0. The fourth-order valence-electron chi connectivity index (χ4n) is 0. The molecule has 0 radical (unpaired) electrons. The van der Waals surface area contributed by atoms with E-state index < -0.39 is 0 Å². The first kappa shape index (κ1) is 292. The standard InChI is InChI=1S/2K.9H2O.S/h;;9*1H2;/q2*+1;;;;;;;;;;-2. The van der Waals surface area contributed by atoms with Crippen LogP contribution in [0.2, 0.25) is 0 Å². The molecule has 0 saturated carbocycles. The van der Waals surface area contributed by atoms with Crippen LogP contribution in [0.1, 0.15) is 0 Å². The molecule has 0 heterocycles. The minimum Gasteiger partial charge on any atom is -2.00 e. The smallest absolute Gasteiger partial charge is 1.00 e. The topological polar surface area (TPSA) is 284 Å². The molecule has 0 aromatic heterocycles. The van der Waals surface area contributed by atoms with Crippen LogP contribution in [0.25, 0.3) is 0 Å². The predicted octanol–water partition coefficient (Wildman–Crippen LogP) is -13.4. The van der Waals surface area contributed by atoms with Gasteiger partial charge >= 0.3 is 103 Å². The molecule has 0 aromatic carbocycles. The van der Waals surface area contributed by atoms with Crippen LogP contribution < -0.4 is 103 Å². The summed E-state index contributed by atoms with van der Waals surface area (Å²) in [6, 6.07) is 0. The molecule has 0 fully saturated rings. The summed E-state index contributed by atoms with van der Waals surface area (Å²) in [7, 11) is 0. The Morgan fingerprint density at radius 3 is 0.250 bits per heavy atom. The Balaban J connectivity index is 0. The molecule has 0 aliphatic heterocycles. The minimum atomic E-state index is 0. The van der Waals surface area contributed by atoms with Gasteiger partial charge < -0.3 is 62.8 Å². The summed E-state index contributed by atoms with van der Waals surface area (Å²) < 4.78 is 0. The first-order valence-corrected chi connectivity index (χ1v) is 0. The summed E-state index contributed by atoms with van der Waals surface area (Å²) in [5.74, 6) is 0. The van der Waals surface area contributed by atoms with Crippen molar-refractivity contribution in [2.75, 3.05) is 0 Å². The van der Waals surface area contributed by atoms with Crippen LogP contribution in [0.3, 0.4) is 0 Å². The van der Waals surface area contributed by atoms with E-state index in [1.807, 2.05) is 0 Å².